The number of H-pyrrole nitrogens is 1. The Morgan fingerprint density at radius 1 is 1.15 bits per heavy atom. The van der Waals surface area contributed by atoms with Gasteiger partial charge in [0.05, 0.1) is 24.5 Å². The fourth-order valence-electron chi connectivity index (χ4n) is 2.69. The van der Waals surface area contributed by atoms with E-state index >= 15 is 0 Å². The van der Waals surface area contributed by atoms with Crippen LogP contribution in [-0.2, 0) is 10.0 Å². The lowest BCUT2D eigenvalue weighted by Gasteiger charge is -2.23. The lowest BCUT2D eigenvalue weighted by molar-refractivity contribution is 0.349. The average Bonchev–Trinajstić information content (AvgIpc) is 3.10. The first kappa shape index (κ1) is 18.2. The Morgan fingerprint density at radius 3 is 2.58 bits per heavy atom. The van der Waals surface area contributed by atoms with E-state index in [4.69, 9.17) is 5.73 Å². The number of aromatic nitrogens is 5. The van der Waals surface area contributed by atoms with Gasteiger partial charge in [0.15, 0.2) is 11.3 Å². The number of hydrogen-bond donors (Lipinski definition) is 2. The van der Waals surface area contributed by atoms with Crippen LogP contribution in [0, 0.1) is 0 Å². The molecule has 0 aromatic carbocycles. The molecule has 0 spiro atoms. The van der Waals surface area contributed by atoms with Crippen LogP contribution in [0.2, 0.25) is 0 Å². The maximum absolute atomic E-state index is 10.9. The van der Waals surface area contributed by atoms with E-state index < -0.39 is 10.0 Å². The van der Waals surface area contributed by atoms with Gasteiger partial charge in [-0.05, 0) is 25.0 Å². The quantitative estimate of drug-likeness (QED) is 0.692. The fraction of sp³-hybridized carbons (Fsp3) is 0.375. The summed E-state index contributed by atoms with van der Waals surface area (Å²) in [6.45, 7) is 1.44. The highest BCUT2D eigenvalue weighted by Crippen LogP contribution is 2.21. The first-order valence-electron chi connectivity index (χ1n) is 8.27. The Bertz CT molecular complexity index is 981. The van der Waals surface area contributed by atoms with E-state index in [1.807, 2.05) is 12.1 Å². The molecular formula is C16H21N7O2S. The molecule has 3 aromatic heterocycles. The summed E-state index contributed by atoms with van der Waals surface area (Å²) < 4.78 is 23.4. The minimum Gasteiger partial charge on any atom is -0.383 e. The second-order valence-corrected chi connectivity index (χ2v) is 7.97. The van der Waals surface area contributed by atoms with Crippen molar-refractivity contribution in [1.82, 2.24) is 29.2 Å². The van der Waals surface area contributed by atoms with Gasteiger partial charge in [-0.2, -0.15) is 0 Å². The van der Waals surface area contributed by atoms with Crippen LogP contribution in [0.4, 0.5) is 5.82 Å². The number of nitrogens with zero attached hydrogens (tertiary/aromatic N) is 5. The molecule has 1 fully saturated rings. The molecule has 0 bridgehead atoms. The molecule has 1 aliphatic heterocycles. The van der Waals surface area contributed by atoms with Crippen LogP contribution in [0.1, 0.15) is 19.3 Å². The minimum absolute atomic E-state index is 0.440. The minimum atomic E-state index is -2.89. The lowest BCUT2D eigenvalue weighted by atomic mass is 10.2. The summed E-state index contributed by atoms with van der Waals surface area (Å²) in [7, 11) is -2.89. The van der Waals surface area contributed by atoms with E-state index in [-0.39, 0.29) is 0 Å². The smallest absolute Gasteiger partial charge is 0.211 e. The van der Waals surface area contributed by atoms with Gasteiger partial charge in [-0.3, -0.25) is 0 Å². The van der Waals surface area contributed by atoms with Gasteiger partial charge in [0.25, 0.3) is 0 Å². The summed E-state index contributed by atoms with van der Waals surface area (Å²) in [6.07, 6.45) is 9.32. The van der Waals surface area contributed by atoms with Crippen molar-refractivity contribution in [3.63, 3.8) is 0 Å². The number of nitrogens with one attached hydrogen (secondary N) is 1. The molecule has 0 saturated carbocycles. The SMILES string of the molecule is CS(=O)(=O)N1CCCCC1.Nc1ncccc1-c1cnc2nc[nH]c2n1. The molecule has 0 amide bonds. The lowest BCUT2D eigenvalue weighted by Crippen LogP contribution is -2.34. The van der Waals surface area contributed by atoms with Crippen LogP contribution in [-0.4, -0.2) is 57.0 Å². The molecule has 26 heavy (non-hydrogen) atoms. The van der Waals surface area contributed by atoms with Crippen molar-refractivity contribution in [2.45, 2.75) is 19.3 Å². The van der Waals surface area contributed by atoms with Crippen molar-refractivity contribution in [3.8, 4) is 11.3 Å². The van der Waals surface area contributed by atoms with Crippen LogP contribution in [0.3, 0.4) is 0 Å². The van der Waals surface area contributed by atoms with Gasteiger partial charge in [-0.15, -0.1) is 0 Å². The zero-order valence-electron chi connectivity index (χ0n) is 14.5. The number of sulfonamides is 1. The van der Waals surface area contributed by atoms with Crippen LogP contribution < -0.4 is 5.73 Å². The molecule has 0 radical (unpaired) electrons. The number of piperidine rings is 1. The number of rotatable bonds is 2. The number of fused-ring (bicyclic) bond motifs is 1. The predicted octanol–water partition coefficient (Wildman–Crippen LogP) is 1.43. The predicted molar refractivity (Wildman–Crippen MR) is 99.6 cm³/mol. The van der Waals surface area contributed by atoms with Gasteiger partial charge < -0.3 is 10.7 Å². The summed E-state index contributed by atoms with van der Waals surface area (Å²) in [5.74, 6) is 0.440. The van der Waals surface area contributed by atoms with E-state index in [0.717, 1.165) is 31.5 Å². The molecule has 0 atom stereocenters. The second kappa shape index (κ2) is 7.75. The van der Waals surface area contributed by atoms with Crippen LogP contribution in [0.25, 0.3) is 22.6 Å². The molecule has 1 aliphatic rings. The molecule has 4 rings (SSSR count). The van der Waals surface area contributed by atoms with E-state index in [1.165, 1.54) is 12.7 Å². The summed E-state index contributed by atoms with van der Waals surface area (Å²) >= 11 is 0. The van der Waals surface area contributed by atoms with Crippen molar-refractivity contribution in [1.29, 1.82) is 0 Å². The van der Waals surface area contributed by atoms with Gasteiger partial charge in [-0.25, -0.2) is 32.7 Å². The highest BCUT2D eigenvalue weighted by molar-refractivity contribution is 7.88. The van der Waals surface area contributed by atoms with Crippen molar-refractivity contribution < 1.29 is 8.42 Å². The fourth-order valence-corrected chi connectivity index (χ4v) is 3.61. The Morgan fingerprint density at radius 2 is 1.92 bits per heavy atom. The monoisotopic (exact) mass is 375 g/mol. The first-order chi connectivity index (χ1) is 12.4. The number of hydrogen-bond acceptors (Lipinski definition) is 7. The van der Waals surface area contributed by atoms with Crippen molar-refractivity contribution in [2.75, 3.05) is 25.1 Å². The van der Waals surface area contributed by atoms with Gasteiger partial charge in [0, 0.05) is 24.8 Å². The molecule has 3 aromatic rings. The van der Waals surface area contributed by atoms with E-state index in [9.17, 15) is 8.42 Å². The summed E-state index contributed by atoms with van der Waals surface area (Å²) in [5.41, 5.74) is 8.45. The maximum atomic E-state index is 10.9. The second-order valence-electron chi connectivity index (χ2n) is 5.99. The van der Waals surface area contributed by atoms with Crippen molar-refractivity contribution >= 4 is 27.1 Å². The maximum Gasteiger partial charge on any atom is 0.211 e. The molecule has 138 valence electrons. The van der Waals surface area contributed by atoms with E-state index in [1.54, 1.807) is 23.0 Å². The molecular weight excluding hydrogens is 354 g/mol. The van der Waals surface area contributed by atoms with Gasteiger partial charge in [-0.1, -0.05) is 6.42 Å². The number of nitrogens with two attached hydrogens (primary N) is 1. The number of aromatic amines is 1. The zero-order valence-corrected chi connectivity index (χ0v) is 15.3. The van der Waals surface area contributed by atoms with E-state index in [0.29, 0.717) is 22.8 Å². The summed E-state index contributed by atoms with van der Waals surface area (Å²) in [6, 6.07) is 3.67. The summed E-state index contributed by atoms with van der Waals surface area (Å²) in [5, 5.41) is 0. The largest absolute Gasteiger partial charge is 0.383 e. The van der Waals surface area contributed by atoms with Crippen LogP contribution >= 0.6 is 0 Å². The molecule has 9 nitrogen and oxygen atoms in total. The molecule has 0 aliphatic carbocycles. The first-order valence-corrected chi connectivity index (χ1v) is 10.1. The van der Waals surface area contributed by atoms with Gasteiger partial charge >= 0.3 is 0 Å². The highest BCUT2D eigenvalue weighted by atomic mass is 32.2. The van der Waals surface area contributed by atoms with Crippen LogP contribution in [0.15, 0.2) is 30.9 Å². The van der Waals surface area contributed by atoms with Crippen LogP contribution in [0.5, 0.6) is 0 Å². The average molecular weight is 375 g/mol. The van der Waals surface area contributed by atoms with Crippen molar-refractivity contribution in [3.05, 3.63) is 30.9 Å². The number of imidazole rings is 1. The Balaban J connectivity index is 0.000000170. The standard InChI is InChI=1S/C10H8N6.C6H13NO2S/c11-8-6(2-1-3-12-8)7-4-13-9-10(16-7)15-5-14-9;1-10(8,9)7-5-3-2-4-6-7/h1-5H,(H2,11,12)(H,13,14,15,16);2-6H2,1H3. The molecule has 4 heterocycles. The Kier molecular flexibility index (Phi) is 5.43. The molecule has 10 heteroatoms. The number of nitrogen functional groups attached to an aromatic ring is 1. The zero-order chi connectivity index (χ0) is 18.6. The van der Waals surface area contributed by atoms with E-state index in [2.05, 4.69) is 24.9 Å². The molecule has 3 N–H and O–H groups in total. The number of pyridine rings is 1. The molecule has 0 unspecified atom stereocenters. The Labute approximate surface area is 151 Å². The van der Waals surface area contributed by atoms with Gasteiger partial charge in [0.1, 0.15) is 5.82 Å². The third kappa shape index (κ3) is 4.33. The normalized spacial score (nSPS) is 15.4. The topological polar surface area (TPSA) is 131 Å². The Hall–Kier alpha value is -2.59. The number of anilines is 1. The third-order valence-corrected chi connectivity index (χ3v) is 5.34. The van der Waals surface area contributed by atoms with Gasteiger partial charge in [0.2, 0.25) is 10.0 Å². The molecule has 1 saturated heterocycles. The third-order valence-electron chi connectivity index (χ3n) is 4.04. The highest BCUT2D eigenvalue weighted by Gasteiger charge is 2.18. The van der Waals surface area contributed by atoms with Crippen molar-refractivity contribution in [2.24, 2.45) is 0 Å². The summed E-state index contributed by atoms with van der Waals surface area (Å²) in [4.78, 5) is 19.4.